The maximum atomic E-state index is 10.7. The fourth-order valence-corrected chi connectivity index (χ4v) is 1.05. The minimum Gasteiger partial charge on any atom is -0.504 e. The summed E-state index contributed by atoms with van der Waals surface area (Å²) in [5, 5.41) is 26.7. The number of rotatable bonds is 2. The van der Waals surface area contributed by atoms with E-state index in [0.717, 1.165) is 0 Å². The van der Waals surface area contributed by atoms with Gasteiger partial charge in [0.2, 0.25) is 0 Å². The fourth-order valence-electron chi connectivity index (χ4n) is 1.05. The van der Waals surface area contributed by atoms with Crippen LogP contribution >= 0.6 is 0 Å². The summed E-state index contributed by atoms with van der Waals surface area (Å²) in [5.74, 6) is -1.86. The van der Waals surface area contributed by atoms with Gasteiger partial charge in [0, 0.05) is 0 Å². The number of nitriles is 1. The van der Waals surface area contributed by atoms with Crippen LogP contribution < -0.4 is 4.74 Å². The van der Waals surface area contributed by atoms with E-state index in [9.17, 15) is 9.90 Å². The minimum atomic E-state index is -1.36. The molecular weight excluding hydrogens is 186 g/mol. The molecule has 0 saturated heterocycles. The molecule has 5 nitrogen and oxygen atoms in total. The van der Waals surface area contributed by atoms with E-state index in [0.29, 0.717) is 0 Å². The standard InChI is InChI=1S/C9H7NO4/c1-14-6-3-2-5(4-10)7(8(6)11)9(12)13/h2-3,11H,1H3,(H,12,13). The van der Waals surface area contributed by atoms with Crippen LogP contribution in [0, 0.1) is 11.3 Å². The highest BCUT2D eigenvalue weighted by Crippen LogP contribution is 2.31. The second kappa shape index (κ2) is 3.66. The summed E-state index contributed by atoms with van der Waals surface area (Å²) in [7, 11) is 1.30. The normalized spacial score (nSPS) is 9.14. The van der Waals surface area contributed by atoms with E-state index in [4.69, 9.17) is 15.1 Å². The number of methoxy groups -OCH3 is 1. The summed E-state index contributed by atoms with van der Waals surface area (Å²) >= 11 is 0. The molecule has 1 rings (SSSR count). The third-order valence-corrected chi connectivity index (χ3v) is 1.70. The van der Waals surface area contributed by atoms with Gasteiger partial charge in [0.05, 0.1) is 12.7 Å². The van der Waals surface area contributed by atoms with Gasteiger partial charge in [-0.2, -0.15) is 5.26 Å². The van der Waals surface area contributed by atoms with Crippen LogP contribution in [0.1, 0.15) is 15.9 Å². The van der Waals surface area contributed by atoms with Gasteiger partial charge in [-0.25, -0.2) is 4.79 Å². The topological polar surface area (TPSA) is 90.5 Å². The van der Waals surface area contributed by atoms with Crippen LogP contribution in [0.2, 0.25) is 0 Å². The van der Waals surface area contributed by atoms with Crippen LogP contribution in [0.4, 0.5) is 0 Å². The van der Waals surface area contributed by atoms with Crippen LogP contribution in [-0.2, 0) is 0 Å². The zero-order chi connectivity index (χ0) is 10.7. The van der Waals surface area contributed by atoms with Crippen LogP contribution in [-0.4, -0.2) is 23.3 Å². The summed E-state index contributed by atoms with van der Waals surface area (Å²) in [6.07, 6.45) is 0. The quantitative estimate of drug-likeness (QED) is 0.730. The molecule has 0 atom stereocenters. The number of carbonyl (C=O) groups is 1. The van der Waals surface area contributed by atoms with Gasteiger partial charge in [-0.15, -0.1) is 0 Å². The highest BCUT2D eigenvalue weighted by Gasteiger charge is 2.18. The molecule has 0 aliphatic carbocycles. The molecule has 0 aliphatic heterocycles. The largest absolute Gasteiger partial charge is 0.504 e. The first-order valence-corrected chi connectivity index (χ1v) is 3.65. The van der Waals surface area contributed by atoms with E-state index in [-0.39, 0.29) is 11.3 Å². The molecule has 2 N–H and O–H groups in total. The minimum absolute atomic E-state index is 0.0291. The first kappa shape index (κ1) is 9.86. The van der Waals surface area contributed by atoms with Crippen molar-refractivity contribution in [2.75, 3.05) is 7.11 Å². The molecule has 72 valence electrons. The molecule has 1 aromatic carbocycles. The van der Waals surface area contributed by atoms with E-state index < -0.39 is 17.3 Å². The molecule has 0 amide bonds. The Labute approximate surface area is 79.8 Å². The lowest BCUT2D eigenvalue weighted by atomic mass is 10.1. The summed E-state index contributed by atoms with van der Waals surface area (Å²) in [4.78, 5) is 10.7. The summed E-state index contributed by atoms with van der Waals surface area (Å²) < 4.78 is 4.71. The Kier molecular flexibility index (Phi) is 2.58. The van der Waals surface area contributed by atoms with Gasteiger partial charge < -0.3 is 14.9 Å². The molecule has 0 unspecified atom stereocenters. The SMILES string of the molecule is COc1ccc(C#N)c(C(=O)O)c1O. The van der Waals surface area contributed by atoms with Crippen molar-refractivity contribution in [2.45, 2.75) is 0 Å². The van der Waals surface area contributed by atoms with E-state index in [1.54, 1.807) is 6.07 Å². The Bertz CT molecular complexity index is 420. The molecule has 5 heteroatoms. The van der Waals surface area contributed by atoms with Gasteiger partial charge in [0.25, 0.3) is 0 Å². The van der Waals surface area contributed by atoms with Crippen molar-refractivity contribution in [1.82, 2.24) is 0 Å². The molecule has 0 radical (unpaired) electrons. The second-order valence-corrected chi connectivity index (χ2v) is 2.46. The van der Waals surface area contributed by atoms with Crippen molar-refractivity contribution >= 4 is 5.97 Å². The van der Waals surface area contributed by atoms with E-state index in [2.05, 4.69) is 0 Å². The highest BCUT2D eigenvalue weighted by atomic mass is 16.5. The van der Waals surface area contributed by atoms with Crippen molar-refractivity contribution in [3.63, 3.8) is 0 Å². The van der Waals surface area contributed by atoms with Gasteiger partial charge >= 0.3 is 5.97 Å². The zero-order valence-corrected chi connectivity index (χ0v) is 7.31. The molecule has 0 spiro atoms. The van der Waals surface area contributed by atoms with Gasteiger partial charge in [0.15, 0.2) is 11.5 Å². The number of hydrogen-bond acceptors (Lipinski definition) is 4. The summed E-state index contributed by atoms with van der Waals surface area (Å²) in [5.41, 5.74) is -0.539. The molecule has 0 aliphatic rings. The van der Waals surface area contributed by atoms with Crippen molar-refractivity contribution in [1.29, 1.82) is 5.26 Å². The Hall–Kier alpha value is -2.22. The average molecular weight is 193 g/mol. The first-order valence-electron chi connectivity index (χ1n) is 3.65. The Morgan fingerprint density at radius 1 is 1.57 bits per heavy atom. The average Bonchev–Trinajstić information content (AvgIpc) is 2.16. The number of carboxylic acid groups (broad SMARTS) is 1. The molecule has 0 aromatic heterocycles. The van der Waals surface area contributed by atoms with Gasteiger partial charge in [-0.3, -0.25) is 0 Å². The molecule has 0 heterocycles. The van der Waals surface area contributed by atoms with Gasteiger partial charge in [-0.05, 0) is 12.1 Å². The first-order chi connectivity index (χ1) is 6.61. The molecular formula is C9H7NO4. The molecule has 0 fully saturated rings. The number of nitrogens with zero attached hydrogens (tertiary/aromatic N) is 1. The smallest absolute Gasteiger partial charge is 0.340 e. The number of benzene rings is 1. The number of hydrogen-bond donors (Lipinski definition) is 2. The van der Waals surface area contributed by atoms with Crippen molar-refractivity contribution < 1.29 is 19.7 Å². The highest BCUT2D eigenvalue weighted by molar-refractivity contribution is 5.94. The van der Waals surface area contributed by atoms with E-state index >= 15 is 0 Å². The predicted molar refractivity (Wildman–Crippen MR) is 46.3 cm³/mol. The molecule has 14 heavy (non-hydrogen) atoms. The third-order valence-electron chi connectivity index (χ3n) is 1.70. The van der Waals surface area contributed by atoms with E-state index in [1.165, 1.54) is 19.2 Å². The van der Waals surface area contributed by atoms with Crippen LogP contribution in [0.3, 0.4) is 0 Å². The van der Waals surface area contributed by atoms with Gasteiger partial charge in [-0.1, -0.05) is 0 Å². The second-order valence-electron chi connectivity index (χ2n) is 2.46. The lowest BCUT2D eigenvalue weighted by Gasteiger charge is -2.06. The number of phenols is 1. The third kappa shape index (κ3) is 1.45. The lowest BCUT2D eigenvalue weighted by Crippen LogP contribution is -2.01. The van der Waals surface area contributed by atoms with Gasteiger partial charge in [0.1, 0.15) is 11.6 Å². The van der Waals surface area contributed by atoms with Crippen LogP contribution in [0.25, 0.3) is 0 Å². The molecule has 1 aromatic rings. The lowest BCUT2D eigenvalue weighted by molar-refractivity contribution is 0.0692. The Morgan fingerprint density at radius 2 is 2.21 bits per heavy atom. The number of aromatic hydroxyl groups is 1. The Balaban J connectivity index is 3.49. The molecule has 0 bridgehead atoms. The monoisotopic (exact) mass is 193 g/mol. The fraction of sp³-hybridized carbons (Fsp3) is 0.111. The van der Waals surface area contributed by atoms with E-state index in [1.807, 2.05) is 0 Å². The maximum Gasteiger partial charge on any atom is 0.340 e. The molecule has 0 saturated carbocycles. The number of ether oxygens (including phenoxy) is 1. The van der Waals surface area contributed by atoms with Crippen molar-refractivity contribution in [3.05, 3.63) is 23.3 Å². The van der Waals surface area contributed by atoms with Crippen LogP contribution in [0.15, 0.2) is 12.1 Å². The summed E-state index contributed by atoms with van der Waals surface area (Å²) in [6, 6.07) is 4.29. The Morgan fingerprint density at radius 3 is 2.64 bits per heavy atom. The summed E-state index contributed by atoms with van der Waals surface area (Å²) in [6.45, 7) is 0. The van der Waals surface area contributed by atoms with Crippen molar-refractivity contribution in [2.24, 2.45) is 0 Å². The van der Waals surface area contributed by atoms with Crippen LogP contribution in [0.5, 0.6) is 11.5 Å². The maximum absolute atomic E-state index is 10.7. The van der Waals surface area contributed by atoms with Crippen molar-refractivity contribution in [3.8, 4) is 17.6 Å². The zero-order valence-electron chi connectivity index (χ0n) is 7.31. The predicted octanol–water partition coefficient (Wildman–Crippen LogP) is 0.971. The number of carboxylic acids is 1. The number of aromatic carboxylic acids is 1.